The van der Waals surface area contributed by atoms with E-state index in [2.05, 4.69) is 10.6 Å². The van der Waals surface area contributed by atoms with Gasteiger partial charge < -0.3 is 15.4 Å². The molecule has 26 heavy (non-hydrogen) atoms. The second-order valence-electron chi connectivity index (χ2n) is 6.63. The van der Waals surface area contributed by atoms with E-state index in [0.717, 1.165) is 16.9 Å². The Hall–Kier alpha value is -2.82. The van der Waals surface area contributed by atoms with Crippen LogP contribution in [0.15, 0.2) is 48.5 Å². The van der Waals surface area contributed by atoms with Crippen molar-refractivity contribution in [1.82, 2.24) is 10.6 Å². The van der Waals surface area contributed by atoms with Crippen molar-refractivity contribution in [2.75, 3.05) is 7.11 Å². The summed E-state index contributed by atoms with van der Waals surface area (Å²) in [6.07, 6.45) is 0. The molecule has 0 heterocycles. The Labute approximate surface area is 154 Å². The van der Waals surface area contributed by atoms with Crippen LogP contribution in [-0.4, -0.2) is 25.0 Å². The molecular formula is C21H26N2O3. The molecule has 5 nitrogen and oxygen atoms in total. The summed E-state index contributed by atoms with van der Waals surface area (Å²) >= 11 is 0. The van der Waals surface area contributed by atoms with Crippen molar-refractivity contribution >= 4 is 11.8 Å². The van der Waals surface area contributed by atoms with Crippen molar-refractivity contribution in [2.45, 2.75) is 33.4 Å². The van der Waals surface area contributed by atoms with Gasteiger partial charge in [0, 0.05) is 12.1 Å². The van der Waals surface area contributed by atoms with E-state index >= 15 is 0 Å². The number of carbonyl (C=O) groups excluding carboxylic acids is 2. The van der Waals surface area contributed by atoms with Crippen LogP contribution in [0.5, 0.6) is 5.75 Å². The lowest BCUT2D eigenvalue weighted by atomic mass is 10.0. The zero-order valence-corrected chi connectivity index (χ0v) is 15.7. The average molecular weight is 354 g/mol. The van der Waals surface area contributed by atoms with Gasteiger partial charge in [-0.3, -0.25) is 9.59 Å². The molecule has 0 aromatic heterocycles. The molecule has 1 atom stereocenters. The molecule has 2 aromatic rings. The number of nitrogens with one attached hydrogen (secondary N) is 2. The second-order valence-corrected chi connectivity index (χ2v) is 6.63. The summed E-state index contributed by atoms with van der Waals surface area (Å²) in [6, 6.07) is 14.2. The van der Waals surface area contributed by atoms with E-state index in [1.165, 1.54) is 0 Å². The second kappa shape index (κ2) is 9.04. The molecule has 1 unspecified atom stereocenters. The Balaban J connectivity index is 1.99. The Morgan fingerprint density at radius 3 is 2.35 bits per heavy atom. The third-order valence-corrected chi connectivity index (χ3v) is 4.14. The van der Waals surface area contributed by atoms with Crippen LogP contribution in [0.1, 0.15) is 35.3 Å². The highest BCUT2D eigenvalue weighted by molar-refractivity contribution is 5.97. The number of amides is 2. The van der Waals surface area contributed by atoms with Crippen LogP contribution in [0.25, 0.3) is 0 Å². The van der Waals surface area contributed by atoms with Crippen LogP contribution in [0.2, 0.25) is 0 Å². The number of carbonyl (C=O) groups is 2. The van der Waals surface area contributed by atoms with Gasteiger partial charge in [-0.05, 0) is 42.7 Å². The minimum absolute atomic E-state index is 0.0281. The van der Waals surface area contributed by atoms with E-state index in [1.807, 2.05) is 63.2 Å². The molecule has 138 valence electrons. The third-order valence-electron chi connectivity index (χ3n) is 4.14. The molecule has 2 N–H and O–H groups in total. The van der Waals surface area contributed by atoms with Crippen molar-refractivity contribution in [3.63, 3.8) is 0 Å². The van der Waals surface area contributed by atoms with Gasteiger partial charge in [-0.25, -0.2) is 0 Å². The van der Waals surface area contributed by atoms with E-state index in [9.17, 15) is 9.59 Å². The molecule has 0 aliphatic heterocycles. The van der Waals surface area contributed by atoms with E-state index in [1.54, 1.807) is 13.2 Å². The van der Waals surface area contributed by atoms with Crippen LogP contribution < -0.4 is 15.4 Å². The number of aryl methyl sites for hydroxylation is 1. The van der Waals surface area contributed by atoms with E-state index in [0.29, 0.717) is 12.1 Å². The molecule has 0 aliphatic rings. The molecular weight excluding hydrogens is 328 g/mol. The lowest BCUT2D eigenvalue weighted by Crippen LogP contribution is -2.49. The molecule has 0 saturated carbocycles. The Morgan fingerprint density at radius 1 is 1.08 bits per heavy atom. The van der Waals surface area contributed by atoms with Gasteiger partial charge in [0.1, 0.15) is 11.8 Å². The van der Waals surface area contributed by atoms with Gasteiger partial charge in [0.15, 0.2) is 0 Å². The van der Waals surface area contributed by atoms with Crippen molar-refractivity contribution in [1.29, 1.82) is 0 Å². The van der Waals surface area contributed by atoms with Gasteiger partial charge in [-0.2, -0.15) is 0 Å². The monoisotopic (exact) mass is 354 g/mol. The summed E-state index contributed by atoms with van der Waals surface area (Å²) in [5.41, 5.74) is 2.52. The fraction of sp³-hybridized carbons (Fsp3) is 0.333. The van der Waals surface area contributed by atoms with E-state index < -0.39 is 6.04 Å². The zero-order chi connectivity index (χ0) is 19.1. The highest BCUT2D eigenvalue weighted by atomic mass is 16.5. The molecule has 0 aliphatic carbocycles. The normalized spacial score (nSPS) is 11.7. The Bertz CT molecular complexity index is 754. The Kier molecular flexibility index (Phi) is 6.78. The number of methoxy groups -OCH3 is 1. The average Bonchev–Trinajstić information content (AvgIpc) is 2.64. The topological polar surface area (TPSA) is 67.4 Å². The smallest absolute Gasteiger partial charge is 0.251 e. The number of rotatable bonds is 7. The molecule has 0 bridgehead atoms. The summed E-state index contributed by atoms with van der Waals surface area (Å²) in [5.74, 6) is 0.300. The maximum absolute atomic E-state index is 12.6. The van der Waals surface area contributed by atoms with Crippen molar-refractivity contribution < 1.29 is 14.3 Å². The van der Waals surface area contributed by atoms with Crippen LogP contribution in [0, 0.1) is 12.8 Å². The first kappa shape index (κ1) is 19.5. The quantitative estimate of drug-likeness (QED) is 0.803. The Morgan fingerprint density at radius 2 is 1.77 bits per heavy atom. The van der Waals surface area contributed by atoms with Crippen molar-refractivity contribution in [3.8, 4) is 5.75 Å². The molecule has 2 amide bonds. The van der Waals surface area contributed by atoms with Gasteiger partial charge in [0.2, 0.25) is 5.91 Å². The van der Waals surface area contributed by atoms with Gasteiger partial charge in [-0.1, -0.05) is 43.7 Å². The predicted molar refractivity (Wildman–Crippen MR) is 102 cm³/mol. The van der Waals surface area contributed by atoms with Crippen molar-refractivity contribution in [2.24, 2.45) is 5.92 Å². The first-order chi connectivity index (χ1) is 12.4. The van der Waals surface area contributed by atoms with E-state index in [4.69, 9.17) is 4.74 Å². The fourth-order valence-corrected chi connectivity index (χ4v) is 2.59. The highest BCUT2D eigenvalue weighted by Gasteiger charge is 2.24. The lowest BCUT2D eigenvalue weighted by molar-refractivity contribution is -0.124. The van der Waals surface area contributed by atoms with Gasteiger partial charge in [0.05, 0.1) is 7.11 Å². The molecule has 2 aromatic carbocycles. The summed E-state index contributed by atoms with van der Waals surface area (Å²) in [5, 5.41) is 5.73. The molecule has 0 radical (unpaired) electrons. The van der Waals surface area contributed by atoms with Crippen LogP contribution in [-0.2, 0) is 11.3 Å². The van der Waals surface area contributed by atoms with Gasteiger partial charge in [0.25, 0.3) is 5.91 Å². The van der Waals surface area contributed by atoms with Crippen LogP contribution in [0.3, 0.4) is 0 Å². The fourth-order valence-electron chi connectivity index (χ4n) is 2.59. The van der Waals surface area contributed by atoms with Gasteiger partial charge >= 0.3 is 0 Å². The zero-order valence-electron chi connectivity index (χ0n) is 15.7. The maximum atomic E-state index is 12.6. The number of hydrogen-bond acceptors (Lipinski definition) is 3. The number of benzene rings is 2. The SMILES string of the molecule is COc1ccc(CNC(=O)C(NC(=O)c2cccc(C)c2)C(C)C)cc1. The predicted octanol–water partition coefficient (Wildman–Crippen LogP) is 3.07. The van der Waals surface area contributed by atoms with E-state index in [-0.39, 0.29) is 17.7 Å². The molecule has 5 heteroatoms. The largest absolute Gasteiger partial charge is 0.497 e. The standard InChI is InChI=1S/C21H26N2O3/c1-14(2)19(23-20(24)17-7-5-6-15(3)12-17)21(25)22-13-16-8-10-18(26-4)11-9-16/h5-12,14,19H,13H2,1-4H3,(H,22,25)(H,23,24). The lowest BCUT2D eigenvalue weighted by Gasteiger charge is -2.22. The summed E-state index contributed by atoms with van der Waals surface area (Å²) < 4.78 is 5.12. The first-order valence-corrected chi connectivity index (χ1v) is 8.69. The molecule has 0 fully saturated rings. The van der Waals surface area contributed by atoms with Crippen molar-refractivity contribution in [3.05, 3.63) is 65.2 Å². The maximum Gasteiger partial charge on any atom is 0.251 e. The van der Waals surface area contributed by atoms with Gasteiger partial charge in [-0.15, -0.1) is 0 Å². The highest BCUT2D eigenvalue weighted by Crippen LogP contribution is 2.12. The summed E-state index contributed by atoms with van der Waals surface area (Å²) in [4.78, 5) is 25.0. The molecule has 0 spiro atoms. The number of ether oxygens (including phenoxy) is 1. The minimum Gasteiger partial charge on any atom is -0.497 e. The molecule has 2 rings (SSSR count). The van der Waals surface area contributed by atoms with Crippen LogP contribution >= 0.6 is 0 Å². The summed E-state index contributed by atoms with van der Waals surface area (Å²) in [6.45, 7) is 6.15. The minimum atomic E-state index is -0.596. The van der Waals surface area contributed by atoms with Crippen LogP contribution in [0.4, 0.5) is 0 Å². The first-order valence-electron chi connectivity index (χ1n) is 8.69. The molecule has 0 saturated heterocycles. The third kappa shape index (κ3) is 5.34. The summed E-state index contributed by atoms with van der Waals surface area (Å²) in [7, 11) is 1.61. The number of hydrogen-bond donors (Lipinski definition) is 2.